The molecule has 0 aliphatic carbocycles. The zero-order valence-electron chi connectivity index (χ0n) is 21.4. The minimum absolute atomic E-state index is 0.155. The lowest BCUT2D eigenvalue weighted by molar-refractivity contribution is -0.140. The molecule has 0 saturated heterocycles. The van der Waals surface area contributed by atoms with E-state index in [9.17, 15) is 9.18 Å². The van der Waals surface area contributed by atoms with Crippen LogP contribution in [-0.4, -0.2) is 24.6 Å². The summed E-state index contributed by atoms with van der Waals surface area (Å²) < 4.78 is 25.3. The molecular formula is C31H35FN2O3. The molecule has 1 aromatic heterocycles. The summed E-state index contributed by atoms with van der Waals surface area (Å²) in [6.07, 6.45) is 10.3. The van der Waals surface area contributed by atoms with E-state index >= 15 is 0 Å². The molecule has 0 unspecified atom stereocenters. The number of halogens is 1. The summed E-state index contributed by atoms with van der Waals surface area (Å²) >= 11 is 0. The number of pyridine rings is 1. The SMILES string of the molecule is COC(=O)C[C@H](/C=C/CCCCc1ccc2c(n1)NCCC2)c1ccc(OCc2ccccc2)c(F)c1. The van der Waals surface area contributed by atoms with Crippen molar-refractivity contribution in [2.24, 2.45) is 0 Å². The van der Waals surface area contributed by atoms with Gasteiger partial charge in [-0.25, -0.2) is 9.37 Å². The second kappa shape index (κ2) is 13.6. The van der Waals surface area contributed by atoms with Gasteiger partial charge in [-0.2, -0.15) is 0 Å². The van der Waals surface area contributed by atoms with Crippen LogP contribution >= 0.6 is 0 Å². The number of fused-ring (bicyclic) bond motifs is 1. The highest BCUT2D eigenvalue weighted by molar-refractivity contribution is 5.70. The second-order valence-corrected chi connectivity index (χ2v) is 9.37. The maximum atomic E-state index is 14.8. The van der Waals surface area contributed by atoms with Crippen molar-refractivity contribution < 1.29 is 18.7 Å². The molecule has 3 aromatic rings. The molecule has 1 aliphatic rings. The fourth-order valence-electron chi connectivity index (χ4n) is 4.50. The predicted octanol–water partition coefficient (Wildman–Crippen LogP) is 6.77. The number of carbonyl (C=O) groups is 1. The van der Waals surface area contributed by atoms with Crippen molar-refractivity contribution in [1.29, 1.82) is 0 Å². The van der Waals surface area contributed by atoms with Crippen LogP contribution in [-0.2, 0) is 29.0 Å². The number of esters is 1. The molecule has 0 bridgehead atoms. The molecule has 5 nitrogen and oxygen atoms in total. The Hall–Kier alpha value is -3.67. The Balaban J connectivity index is 1.30. The van der Waals surface area contributed by atoms with Gasteiger partial charge < -0.3 is 14.8 Å². The molecule has 2 aromatic carbocycles. The minimum Gasteiger partial charge on any atom is -0.486 e. The maximum Gasteiger partial charge on any atom is 0.306 e. The molecule has 0 fully saturated rings. The summed E-state index contributed by atoms with van der Waals surface area (Å²) in [7, 11) is 1.37. The van der Waals surface area contributed by atoms with Crippen molar-refractivity contribution in [3.8, 4) is 5.75 Å². The van der Waals surface area contributed by atoms with E-state index in [1.54, 1.807) is 6.07 Å². The highest BCUT2D eigenvalue weighted by atomic mass is 19.1. The van der Waals surface area contributed by atoms with Crippen molar-refractivity contribution in [2.45, 2.75) is 57.5 Å². The normalized spacial score (nSPS) is 13.6. The van der Waals surface area contributed by atoms with Crippen LogP contribution in [0.5, 0.6) is 5.75 Å². The number of unbranched alkanes of at least 4 members (excludes halogenated alkanes) is 2. The lowest BCUT2D eigenvalue weighted by atomic mass is 9.94. The third kappa shape index (κ3) is 7.91. The fourth-order valence-corrected chi connectivity index (χ4v) is 4.50. The van der Waals surface area contributed by atoms with Crippen LogP contribution in [0, 0.1) is 5.82 Å². The van der Waals surface area contributed by atoms with E-state index in [1.165, 1.54) is 18.7 Å². The quantitative estimate of drug-likeness (QED) is 0.168. The molecule has 0 radical (unpaired) electrons. The van der Waals surface area contributed by atoms with Gasteiger partial charge in [0.05, 0.1) is 13.5 Å². The van der Waals surface area contributed by atoms with E-state index in [4.69, 9.17) is 14.5 Å². The molecule has 1 N–H and O–H groups in total. The van der Waals surface area contributed by atoms with Gasteiger partial charge in [0.2, 0.25) is 0 Å². The smallest absolute Gasteiger partial charge is 0.306 e. The van der Waals surface area contributed by atoms with E-state index in [-0.39, 0.29) is 24.1 Å². The summed E-state index contributed by atoms with van der Waals surface area (Å²) in [4.78, 5) is 16.8. The summed E-state index contributed by atoms with van der Waals surface area (Å²) in [6, 6.07) is 18.9. The van der Waals surface area contributed by atoms with Gasteiger partial charge in [0.25, 0.3) is 0 Å². The molecule has 6 heteroatoms. The van der Waals surface area contributed by atoms with Gasteiger partial charge >= 0.3 is 5.97 Å². The average molecular weight is 503 g/mol. The molecule has 1 aliphatic heterocycles. The number of allylic oxidation sites excluding steroid dienone is 2. The molecule has 2 heterocycles. The average Bonchev–Trinajstić information content (AvgIpc) is 2.93. The topological polar surface area (TPSA) is 60.5 Å². The lowest BCUT2D eigenvalue weighted by Gasteiger charge is -2.17. The molecule has 1 atom stereocenters. The molecule has 194 valence electrons. The van der Waals surface area contributed by atoms with E-state index in [2.05, 4.69) is 23.5 Å². The first-order chi connectivity index (χ1) is 18.1. The van der Waals surface area contributed by atoms with Crippen LogP contribution in [0.4, 0.5) is 10.2 Å². The minimum atomic E-state index is -0.441. The monoisotopic (exact) mass is 502 g/mol. The Morgan fingerprint density at radius 1 is 1.14 bits per heavy atom. The number of anilines is 1. The second-order valence-electron chi connectivity index (χ2n) is 9.37. The Labute approximate surface area is 218 Å². The standard InChI is InChI=1S/C31H35FN2O3/c1-36-30(35)21-25(26-16-18-29(28(32)20-26)37-22-23-10-5-4-6-11-23)12-7-2-3-8-14-27-17-15-24-13-9-19-33-31(24)34-27/h4-7,10-12,15-18,20,25H,2-3,8-9,13-14,19,21-22H2,1H3,(H,33,34)/b12-7+/t25-/m0/s1. The number of ether oxygens (including phenoxy) is 2. The fraction of sp³-hybridized carbons (Fsp3) is 0.355. The van der Waals surface area contributed by atoms with Crippen molar-refractivity contribution in [2.75, 3.05) is 19.0 Å². The molecule has 0 spiro atoms. The van der Waals surface area contributed by atoms with Crippen LogP contribution in [0.15, 0.2) is 72.8 Å². The number of nitrogens with zero attached hydrogens (tertiary/aromatic N) is 1. The number of benzene rings is 2. The summed E-state index contributed by atoms with van der Waals surface area (Å²) in [6.45, 7) is 1.29. The van der Waals surface area contributed by atoms with Crippen LogP contribution in [0.3, 0.4) is 0 Å². The zero-order chi connectivity index (χ0) is 25.9. The van der Waals surface area contributed by atoms with Gasteiger partial charge in [0.1, 0.15) is 12.4 Å². The van der Waals surface area contributed by atoms with Gasteiger partial charge in [0, 0.05) is 18.2 Å². The molecule has 37 heavy (non-hydrogen) atoms. The predicted molar refractivity (Wildman–Crippen MR) is 144 cm³/mol. The molecule has 4 rings (SSSR count). The number of aromatic nitrogens is 1. The van der Waals surface area contributed by atoms with Crippen LogP contribution < -0.4 is 10.1 Å². The van der Waals surface area contributed by atoms with Crippen molar-refractivity contribution in [3.63, 3.8) is 0 Å². The van der Waals surface area contributed by atoms with Gasteiger partial charge in [-0.05, 0) is 73.4 Å². The number of nitrogens with one attached hydrogen (secondary N) is 1. The summed E-state index contributed by atoms with van der Waals surface area (Å²) in [5.74, 6) is 0.200. The first-order valence-corrected chi connectivity index (χ1v) is 13.0. The first kappa shape index (κ1) is 26.4. The maximum absolute atomic E-state index is 14.8. The van der Waals surface area contributed by atoms with Gasteiger partial charge in [0.15, 0.2) is 11.6 Å². The molecular weight excluding hydrogens is 467 g/mol. The van der Waals surface area contributed by atoms with E-state index in [0.717, 1.165) is 67.7 Å². The van der Waals surface area contributed by atoms with Crippen molar-refractivity contribution in [3.05, 3.63) is 101 Å². The van der Waals surface area contributed by atoms with Crippen LogP contribution in [0.25, 0.3) is 0 Å². The van der Waals surface area contributed by atoms with Gasteiger partial charge in [-0.15, -0.1) is 0 Å². The van der Waals surface area contributed by atoms with Gasteiger partial charge in [-0.1, -0.05) is 54.6 Å². The van der Waals surface area contributed by atoms with E-state index in [0.29, 0.717) is 6.61 Å². The van der Waals surface area contributed by atoms with Crippen molar-refractivity contribution >= 4 is 11.8 Å². The number of methoxy groups -OCH3 is 1. The highest BCUT2D eigenvalue weighted by Crippen LogP contribution is 2.28. The van der Waals surface area contributed by atoms with Crippen molar-refractivity contribution in [1.82, 2.24) is 4.98 Å². The Morgan fingerprint density at radius 2 is 2.00 bits per heavy atom. The van der Waals surface area contributed by atoms with E-state index < -0.39 is 5.82 Å². The zero-order valence-corrected chi connectivity index (χ0v) is 21.4. The number of rotatable bonds is 12. The highest BCUT2D eigenvalue weighted by Gasteiger charge is 2.16. The number of aryl methyl sites for hydroxylation is 2. The molecule has 0 saturated carbocycles. The van der Waals surface area contributed by atoms with E-state index in [1.807, 2.05) is 42.5 Å². The summed E-state index contributed by atoms with van der Waals surface area (Å²) in [5.41, 5.74) is 4.11. The Morgan fingerprint density at radius 3 is 2.81 bits per heavy atom. The third-order valence-electron chi connectivity index (χ3n) is 6.61. The third-order valence-corrected chi connectivity index (χ3v) is 6.61. The number of carbonyl (C=O) groups excluding carboxylic acids is 1. The van der Waals surface area contributed by atoms with Crippen LogP contribution in [0.2, 0.25) is 0 Å². The number of hydrogen-bond acceptors (Lipinski definition) is 5. The summed E-state index contributed by atoms with van der Waals surface area (Å²) in [5, 5.41) is 3.39. The van der Waals surface area contributed by atoms with Crippen LogP contribution in [0.1, 0.15) is 60.4 Å². The number of hydrogen-bond donors (Lipinski definition) is 1. The first-order valence-electron chi connectivity index (χ1n) is 13.0. The van der Waals surface area contributed by atoms with Gasteiger partial charge in [-0.3, -0.25) is 4.79 Å². The Bertz CT molecular complexity index is 1200. The Kier molecular flexibility index (Phi) is 9.69. The molecule has 0 amide bonds. The largest absolute Gasteiger partial charge is 0.486 e. The lowest BCUT2D eigenvalue weighted by Crippen LogP contribution is -2.13.